The quantitative estimate of drug-likeness (QED) is 0.806. The molecule has 6 nitrogen and oxygen atoms in total. The van der Waals surface area contributed by atoms with Gasteiger partial charge in [0.2, 0.25) is 10.0 Å². The number of nitrogens with one attached hydrogen (secondary N) is 1. The summed E-state index contributed by atoms with van der Waals surface area (Å²) in [6.07, 6.45) is 2.76. The van der Waals surface area contributed by atoms with Gasteiger partial charge in [0, 0.05) is 19.6 Å². The van der Waals surface area contributed by atoms with Crippen LogP contribution >= 0.6 is 0 Å². The third-order valence-electron chi connectivity index (χ3n) is 5.07. The lowest BCUT2D eigenvalue weighted by Crippen LogP contribution is -2.35. The number of carbonyl (C=O) groups is 1. The van der Waals surface area contributed by atoms with Crippen LogP contribution in [-0.2, 0) is 16.6 Å². The predicted octanol–water partition coefficient (Wildman–Crippen LogP) is 3.11. The molecule has 1 heterocycles. The van der Waals surface area contributed by atoms with Crippen LogP contribution in [0.1, 0.15) is 40.7 Å². The summed E-state index contributed by atoms with van der Waals surface area (Å²) >= 11 is 0. The van der Waals surface area contributed by atoms with E-state index in [1.54, 1.807) is 6.07 Å². The average molecular weight is 403 g/mol. The summed E-state index contributed by atoms with van der Waals surface area (Å²) in [5.74, 6) is -0.0179. The van der Waals surface area contributed by atoms with Crippen LogP contribution in [0.2, 0.25) is 0 Å². The molecule has 1 aliphatic heterocycles. The Balaban J connectivity index is 1.84. The van der Waals surface area contributed by atoms with Gasteiger partial charge in [0.1, 0.15) is 5.75 Å². The van der Waals surface area contributed by atoms with Crippen molar-refractivity contribution in [3.63, 3.8) is 0 Å². The number of ether oxygens (including phenoxy) is 1. The van der Waals surface area contributed by atoms with Crippen LogP contribution in [0, 0.1) is 6.92 Å². The van der Waals surface area contributed by atoms with Crippen molar-refractivity contribution in [2.75, 3.05) is 20.2 Å². The molecular weight excluding hydrogens is 376 g/mol. The molecule has 0 spiro atoms. The second-order valence-electron chi connectivity index (χ2n) is 6.94. The Morgan fingerprint density at radius 3 is 2.50 bits per heavy atom. The van der Waals surface area contributed by atoms with Crippen molar-refractivity contribution in [2.24, 2.45) is 0 Å². The van der Waals surface area contributed by atoms with Crippen LogP contribution in [0.3, 0.4) is 0 Å². The van der Waals surface area contributed by atoms with Gasteiger partial charge < -0.3 is 10.1 Å². The van der Waals surface area contributed by atoms with Gasteiger partial charge in [0.15, 0.2) is 0 Å². The lowest BCUT2D eigenvalue weighted by atomic mass is 10.1. The molecule has 0 saturated carbocycles. The predicted molar refractivity (Wildman–Crippen MR) is 108 cm³/mol. The Kier molecular flexibility index (Phi) is 6.36. The molecule has 3 rings (SSSR count). The van der Waals surface area contributed by atoms with Gasteiger partial charge in [-0.05, 0) is 49.1 Å². The Labute approximate surface area is 166 Å². The van der Waals surface area contributed by atoms with E-state index in [0.717, 1.165) is 30.4 Å². The number of amides is 1. The third-order valence-corrected chi connectivity index (χ3v) is 6.96. The normalized spacial score (nSPS) is 15.2. The number of benzene rings is 2. The van der Waals surface area contributed by atoms with Gasteiger partial charge in [-0.3, -0.25) is 4.79 Å². The first-order chi connectivity index (χ1) is 13.4. The first-order valence-electron chi connectivity index (χ1n) is 9.44. The summed E-state index contributed by atoms with van der Waals surface area (Å²) in [5.41, 5.74) is 2.30. The smallest absolute Gasteiger partial charge is 0.255 e. The van der Waals surface area contributed by atoms with Gasteiger partial charge in [-0.25, -0.2) is 8.42 Å². The fourth-order valence-electron chi connectivity index (χ4n) is 3.36. The number of hydrogen-bond acceptors (Lipinski definition) is 4. The molecule has 0 aromatic heterocycles. The first-order valence-corrected chi connectivity index (χ1v) is 10.9. The molecule has 7 heteroatoms. The zero-order valence-corrected chi connectivity index (χ0v) is 17.1. The van der Waals surface area contributed by atoms with Crippen LogP contribution < -0.4 is 10.1 Å². The summed E-state index contributed by atoms with van der Waals surface area (Å²) in [4.78, 5) is 12.9. The largest absolute Gasteiger partial charge is 0.496 e. The first kappa shape index (κ1) is 20.4. The summed E-state index contributed by atoms with van der Waals surface area (Å²) in [7, 11) is -2.15. The fraction of sp³-hybridized carbons (Fsp3) is 0.381. The van der Waals surface area contributed by atoms with Crippen molar-refractivity contribution >= 4 is 15.9 Å². The second kappa shape index (κ2) is 8.75. The minimum atomic E-state index is -3.62. The van der Waals surface area contributed by atoms with E-state index in [-0.39, 0.29) is 16.4 Å². The van der Waals surface area contributed by atoms with Crippen molar-refractivity contribution < 1.29 is 17.9 Å². The molecule has 1 aliphatic rings. The van der Waals surface area contributed by atoms with Crippen LogP contribution in [0.15, 0.2) is 47.4 Å². The molecule has 0 unspecified atom stereocenters. The lowest BCUT2D eigenvalue weighted by molar-refractivity contribution is 0.0947. The number of piperidine rings is 1. The average Bonchev–Trinajstić information content (AvgIpc) is 2.73. The summed E-state index contributed by atoms with van der Waals surface area (Å²) in [6.45, 7) is 3.37. The molecule has 150 valence electrons. The molecule has 1 amide bonds. The second-order valence-corrected chi connectivity index (χ2v) is 8.87. The summed E-state index contributed by atoms with van der Waals surface area (Å²) < 4.78 is 32.7. The maximum absolute atomic E-state index is 12.9. The van der Waals surface area contributed by atoms with Gasteiger partial charge in [0.25, 0.3) is 5.91 Å². The minimum Gasteiger partial charge on any atom is -0.496 e. The summed E-state index contributed by atoms with van der Waals surface area (Å²) in [5, 5.41) is 2.86. The maximum Gasteiger partial charge on any atom is 0.255 e. The Hall–Kier alpha value is -2.38. The van der Waals surface area contributed by atoms with Crippen molar-refractivity contribution in [1.82, 2.24) is 9.62 Å². The molecule has 0 radical (unpaired) electrons. The molecule has 1 saturated heterocycles. The highest BCUT2D eigenvalue weighted by atomic mass is 32.2. The number of aryl methyl sites for hydroxylation is 1. The summed E-state index contributed by atoms with van der Waals surface area (Å²) in [6, 6.07) is 12.2. The van der Waals surface area contributed by atoms with Gasteiger partial charge >= 0.3 is 0 Å². The van der Waals surface area contributed by atoms with E-state index < -0.39 is 10.0 Å². The van der Waals surface area contributed by atoms with E-state index >= 15 is 0 Å². The van der Waals surface area contributed by atoms with E-state index in [0.29, 0.717) is 25.4 Å². The lowest BCUT2D eigenvalue weighted by Gasteiger charge is -2.26. The molecule has 0 atom stereocenters. The van der Waals surface area contributed by atoms with E-state index in [1.807, 2.05) is 31.2 Å². The highest BCUT2D eigenvalue weighted by molar-refractivity contribution is 7.89. The SMILES string of the molecule is COc1ccc(S(=O)(=O)N2CCCCC2)cc1C(=O)NCc1ccccc1C. The molecule has 28 heavy (non-hydrogen) atoms. The molecule has 1 N–H and O–H groups in total. The van der Waals surface area contributed by atoms with Gasteiger partial charge in [0.05, 0.1) is 17.6 Å². The van der Waals surface area contributed by atoms with Gasteiger partial charge in [-0.2, -0.15) is 4.31 Å². The molecular formula is C21H26N2O4S. The molecule has 0 bridgehead atoms. The topological polar surface area (TPSA) is 75.7 Å². The molecule has 2 aromatic carbocycles. The molecule has 2 aromatic rings. The highest BCUT2D eigenvalue weighted by Gasteiger charge is 2.27. The molecule has 1 fully saturated rings. The fourth-order valence-corrected chi connectivity index (χ4v) is 4.90. The maximum atomic E-state index is 12.9. The zero-order chi connectivity index (χ0) is 20.1. The Bertz CT molecular complexity index is 951. The van der Waals surface area contributed by atoms with Crippen molar-refractivity contribution in [1.29, 1.82) is 0 Å². The van der Waals surface area contributed by atoms with Gasteiger partial charge in [-0.1, -0.05) is 30.7 Å². The van der Waals surface area contributed by atoms with E-state index in [2.05, 4.69) is 5.32 Å². The Morgan fingerprint density at radius 1 is 1.11 bits per heavy atom. The zero-order valence-electron chi connectivity index (χ0n) is 16.3. The van der Waals surface area contributed by atoms with Crippen molar-refractivity contribution in [3.05, 3.63) is 59.2 Å². The van der Waals surface area contributed by atoms with E-state index in [9.17, 15) is 13.2 Å². The standard InChI is InChI=1S/C21H26N2O4S/c1-16-8-4-5-9-17(16)15-22-21(24)19-14-18(10-11-20(19)27-2)28(25,26)23-12-6-3-7-13-23/h4-5,8-11,14H,3,6-7,12-13,15H2,1-2H3,(H,22,24). The Morgan fingerprint density at radius 2 is 1.82 bits per heavy atom. The monoisotopic (exact) mass is 402 g/mol. The highest BCUT2D eigenvalue weighted by Crippen LogP contribution is 2.26. The third kappa shape index (κ3) is 4.36. The minimum absolute atomic E-state index is 0.122. The van der Waals surface area contributed by atoms with Crippen LogP contribution in [-0.4, -0.2) is 38.8 Å². The van der Waals surface area contributed by atoms with Crippen molar-refractivity contribution in [3.8, 4) is 5.75 Å². The van der Waals surface area contributed by atoms with Crippen LogP contribution in [0.5, 0.6) is 5.75 Å². The molecule has 0 aliphatic carbocycles. The number of nitrogens with zero attached hydrogens (tertiary/aromatic N) is 1. The van der Waals surface area contributed by atoms with E-state index in [1.165, 1.54) is 23.5 Å². The number of carbonyl (C=O) groups excluding carboxylic acids is 1. The number of hydrogen-bond donors (Lipinski definition) is 1. The van der Waals surface area contributed by atoms with Crippen LogP contribution in [0.25, 0.3) is 0 Å². The number of sulfonamides is 1. The number of rotatable bonds is 6. The van der Waals surface area contributed by atoms with Crippen molar-refractivity contribution in [2.45, 2.75) is 37.6 Å². The van der Waals surface area contributed by atoms with Crippen LogP contribution in [0.4, 0.5) is 0 Å². The number of methoxy groups -OCH3 is 1. The van der Waals surface area contributed by atoms with Gasteiger partial charge in [-0.15, -0.1) is 0 Å². The van der Waals surface area contributed by atoms with E-state index in [4.69, 9.17) is 4.74 Å².